The maximum absolute atomic E-state index is 15.2. The summed E-state index contributed by atoms with van der Waals surface area (Å²) in [7, 11) is 1.48. The Morgan fingerprint density at radius 1 is 1.20 bits per heavy atom. The molecule has 2 amide bonds. The highest BCUT2D eigenvalue weighted by molar-refractivity contribution is 5.99. The molecule has 184 valence electrons. The highest BCUT2D eigenvalue weighted by atomic mass is 19.1. The number of carbonyl (C=O) groups excluding carboxylic acids is 2. The second-order valence-corrected chi connectivity index (χ2v) is 10.1. The van der Waals surface area contributed by atoms with Crippen LogP contribution in [0.4, 0.5) is 15.0 Å². The zero-order chi connectivity index (χ0) is 25.1. The van der Waals surface area contributed by atoms with Gasteiger partial charge in [0.1, 0.15) is 29.3 Å². The van der Waals surface area contributed by atoms with Crippen LogP contribution in [0.25, 0.3) is 22.3 Å². The van der Waals surface area contributed by atoms with Gasteiger partial charge in [0.15, 0.2) is 5.65 Å². The molecule has 1 aromatic carbocycles. The number of fused-ring (bicyclic) bond motifs is 3. The number of piperidine rings is 1. The maximum Gasteiger partial charge on any atom is 0.410 e. The van der Waals surface area contributed by atoms with Gasteiger partial charge in [-0.25, -0.2) is 23.8 Å². The molecule has 3 heterocycles. The van der Waals surface area contributed by atoms with Crippen LogP contribution in [0.5, 0.6) is 0 Å². The average Bonchev–Trinajstić information content (AvgIpc) is 3.50. The van der Waals surface area contributed by atoms with E-state index in [0.717, 1.165) is 12.8 Å². The largest absolute Gasteiger partial charge is 0.444 e. The van der Waals surface area contributed by atoms with E-state index in [1.807, 2.05) is 20.8 Å². The predicted octanol–water partition coefficient (Wildman–Crippen LogP) is 3.14. The molecule has 2 fully saturated rings. The number of aromatic nitrogens is 4. The van der Waals surface area contributed by atoms with Crippen LogP contribution in [0.15, 0.2) is 24.5 Å². The van der Waals surface area contributed by atoms with Crippen molar-refractivity contribution in [1.29, 1.82) is 0 Å². The van der Waals surface area contributed by atoms with Crippen LogP contribution in [0, 0.1) is 11.7 Å². The van der Waals surface area contributed by atoms with Crippen molar-refractivity contribution in [1.82, 2.24) is 30.0 Å². The van der Waals surface area contributed by atoms with Crippen molar-refractivity contribution in [2.24, 2.45) is 5.92 Å². The van der Waals surface area contributed by atoms with Crippen LogP contribution in [-0.4, -0.2) is 61.9 Å². The molecule has 11 heteroatoms. The number of nitrogens with one attached hydrogen (secondary N) is 1. The van der Waals surface area contributed by atoms with Crippen molar-refractivity contribution in [2.75, 3.05) is 19.3 Å². The Balaban J connectivity index is 1.57. The van der Waals surface area contributed by atoms with E-state index in [0.29, 0.717) is 29.2 Å². The Morgan fingerprint density at radius 2 is 1.94 bits per heavy atom. The molecule has 1 aliphatic heterocycles. The summed E-state index contributed by atoms with van der Waals surface area (Å²) in [4.78, 5) is 35.1. The van der Waals surface area contributed by atoms with Crippen molar-refractivity contribution < 1.29 is 18.7 Å². The van der Waals surface area contributed by atoms with E-state index in [-0.39, 0.29) is 35.1 Å². The normalized spacial score (nSPS) is 21.5. The number of hydrogen-bond acceptors (Lipinski definition) is 7. The molecule has 5 rings (SSSR count). The lowest BCUT2D eigenvalue weighted by atomic mass is 10.1. The Hall–Kier alpha value is -3.76. The molecule has 2 aliphatic rings. The molecule has 2 bridgehead atoms. The first kappa shape index (κ1) is 23.0. The van der Waals surface area contributed by atoms with Crippen molar-refractivity contribution >= 4 is 28.9 Å². The lowest BCUT2D eigenvalue weighted by Gasteiger charge is -2.34. The summed E-state index contributed by atoms with van der Waals surface area (Å²) in [6, 6.07) is 3.92. The van der Waals surface area contributed by atoms with Gasteiger partial charge in [-0.1, -0.05) is 0 Å². The van der Waals surface area contributed by atoms with E-state index in [1.54, 1.807) is 9.58 Å². The van der Waals surface area contributed by atoms with Crippen LogP contribution in [0.3, 0.4) is 0 Å². The minimum absolute atomic E-state index is 0.123. The van der Waals surface area contributed by atoms with Gasteiger partial charge in [0.2, 0.25) is 0 Å². The van der Waals surface area contributed by atoms with Gasteiger partial charge in [-0.05, 0) is 57.7 Å². The first-order valence-corrected chi connectivity index (χ1v) is 11.6. The fraction of sp³-hybridized carbons (Fsp3) is 0.458. The first-order chi connectivity index (χ1) is 16.6. The standard InChI is InChI=1S/C24H28FN7O3/c1-24(2,3)35-23(34)31-10-12-7-16(31)17(8-12)32-21-18(20(26)28-11-29-21)19(30-32)14-6-5-13(9-15(14)25)22(33)27-4/h5-6,9,11-12,16-17H,7-8,10H2,1-4H3,(H,27,33)(H2,26,28,29)/t12-,16?,17?/m1/s1. The predicted molar refractivity (Wildman–Crippen MR) is 127 cm³/mol. The smallest absolute Gasteiger partial charge is 0.410 e. The third-order valence-corrected chi connectivity index (χ3v) is 6.62. The highest BCUT2D eigenvalue weighted by Gasteiger charge is 2.50. The van der Waals surface area contributed by atoms with Crippen molar-refractivity contribution in [3.05, 3.63) is 35.9 Å². The van der Waals surface area contributed by atoms with Crippen LogP contribution < -0.4 is 11.1 Å². The van der Waals surface area contributed by atoms with Gasteiger partial charge < -0.3 is 20.7 Å². The summed E-state index contributed by atoms with van der Waals surface area (Å²) in [5.74, 6) is -0.511. The number of amides is 2. The van der Waals surface area contributed by atoms with Gasteiger partial charge >= 0.3 is 6.09 Å². The van der Waals surface area contributed by atoms with Gasteiger partial charge in [0.05, 0.1) is 17.5 Å². The van der Waals surface area contributed by atoms with Crippen molar-refractivity contribution in [3.63, 3.8) is 0 Å². The summed E-state index contributed by atoms with van der Waals surface area (Å²) in [6.45, 7) is 6.16. The molecule has 35 heavy (non-hydrogen) atoms. The monoisotopic (exact) mass is 481 g/mol. The Kier molecular flexibility index (Phi) is 5.37. The molecule has 0 radical (unpaired) electrons. The molecule has 2 unspecified atom stereocenters. The van der Waals surface area contributed by atoms with Gasteiger partial charge in [-0.3, -0.25) is 4.79 Å². The molecule has 1 aliphatic carbocycles. The molecule has 3 atom stereocenters. The van der Waals surface area contributed by atoms with Crippen molar-refractivity contribution in [2.45, 2.75) is 51.3 Å². The maximum atomic E-state index is 15.2. The van der Waals surface area contributed by atoms with Gasteiger partial charge in [-0.15, -0.1) is 0 Å². The average molecular weight is 482 g/mol. The lowest BCUT2D eigenvalue weighted by Crippen LogP contribution is -2.45. The van der Waals surface area contributed by atoms with Gasteiger partial charge in [-0.2, -0.15) is 5.10 Å². The Labute approximate surface area is 201 Å². The number of carbonyl (C=O) groups is 2. The van der Waals surface area contributed by atoms with E-state index in [9.17, 15) is 9.59 Å². The molecular formula is C24H28FN7O3. The third kappa shape index (κ3) is 3.94. The topological polar surface area (TPSA) is 128 Å². The van der Waals surface area contributed by atoms with Crippen molar-refractivity contribution in [3.8, 4) is 11.3 Å². The molecule has 10 nitrogen and oxygen atoms in total. The number of nitrogens with two attached hydrogens (primary N) is 1. The molecule has 3 aromatic rings. The number of nitrogens with zero attached hydrogens (tertiary/aromatic N) is 5. The molecule has 1 saturated carbocycles. The molecular weight excluding hydrogens is 453 g/mol. The van der Waals surface area contributed by atoms with Crippen LogP contribution in [0.2, 0.25) is 0 Å². The highest BCUT2D eigenvalue weighted by Crippen LogP contribution is 2.46. The number of hydrogen-bond donors (Lipinski definition) is 2. The summed E-state index contributed by atoms with van der Waals surface area (Å²) in [5.41, 5.74) is 6.76. The number of ether oxygens (including phenoxy) is 1. The lowest BCUT2D eigenvalue weighted by molar-refractivity contribution is 0.0135. The number of rotatable bonds is 3. The molecule has 3 N–H and O–H groups in total. The minimum Gasteiger partial charge on any atom is -0.444 e. The van der Waals surface area contributed by atoms with E-state index in [4.69, 9.17) is 15.6 Å². The first-order valence-electron chi connectivity index (χ1n) is 11.6. The van der Waals surface area contributed by atoms with E-state index < -0.39 is 17.3 Å². The SMILES string of the molecule is CNC(=O)c1ccc(-c2nn(C3C[C@H]4CC3N(C(=O)OC(C)(C)C)C4)c3ncnc(N)c23)c(F)c1. The van der Waals surface area contributed by atoms with Crippen LogP contribution >= 0.6 is 0 Å². The quantitative estimate of drug-likeness (QED) is 0.588. The molecule has 0 spiro atoms. The number of nitrogen functional groups attached to an aromatic ring is 1. The third-order valence-electron chi connectivity index (χ3n) is 6.62. The molecule has 2 aromatic heterocycles. The van der Waals surface area contributed by atoms with Crippen LogP contribution in [-0.2, 0) is 4.74 Å². The summed E-state index contributed by atoms with van der Waals surface area (Å²) in [5, 5.41) is 7.68. The second-order valence-electron chi connectivity index (χ2n) is 10.1. The fourth-order valence-corrected chi connectivity index (χ4v) is 5.19. The Bertz CT molecular complexity index is 1330. The summed E-state index contributed by atoms with van der Waals surface area (Å²) >= 11 is 0. The molecule has 1 saturated heterocycles. The zero-order valence-corrected chi connectivity index (χ0v) is 20.1. The Morgan fingerprint density at radius 3 is 2.60 bits per heavy atom. The number of halogens is 1. The van der Waals surface area contributed by atoms with Crippen LogP contribution in [0.1, 0.15) is 50.0 Å². The number of anilines is 1. The summed E-state index contributed by atoms with van der Waals surface area (Å²) < 4.78 is 22.5. The minimum atomic E-state index is -0.607. The van der Waals surface area contributed by atoms with Gasteiger partial charge in [0.25, 0.3) is 5.91 Å². The number of likely N-dealkylation sites (tertiary alicyclic amines) is 1. The number of benzene rings is 1. The second kappa shape index (κ2) is 8.17. The summed E-state index contributed by atoms with van der Waals surface area (Å²) in [6.07, 6.45) is 2.64. The van der Waals surface area contributed by atoms with E-state index in [2.05, 4.69) is 15.3 Å². The van der Waals surface area contributed by atoms with Gasteiger partial charge in [0, 0.05) is 24.7 Å². The van der Waals surface area contributed by atoms with E-state index >= 15 is 4.39 Å². The fourth-order valence-electron chi connectivity index (χ4n) is 5.19. The van der Waals surface area contributed by atoms with E-state index in [1.165, 1.54) is 31.6 Å². The zero-order valence-electron chi connectivity index (χ0n) is 20.1.